The summed E-state index contributed by atoms with van der Waals surface area (Å²) in [5, 5.41) is 9.82. The minimum atomic E-state index is 0.285. The molecule has 11 heteroatoms. The maximum atomic E-state index is 8.87. The quantitative estimate of drug-likeness (QED) is 0.163. The minimum absolute atomic E-state index is 0.285. The summed E-state index contributed by atoms with van der Waals surface area (Å²) in [6, 6.07) is 35.3. The van der Waals surface area contributed by atoms with Crippen molar-refractivity contribution in [3.8, 4) is 11.5 Å². The van der Waals surface area contributed by atoms with E-state index in [1.54, 1.807) is 18.2 Å². The number of rotatable bonds is 4. The molecule has 0 atom stereocenters. The van der Waals surface area contributed by atoms with Gasteiger partial charge in [0.25, 0.3) is 0 Å². The van der Waals surface area contributed by atoms with E-state index in [2.05, 4.69) is 215 Å². The molecule has 0 aliphatic heterocycles. The van der Waals surface area contributed by atoms with Crippen LogP contribution in [0.5, 0.6) is 11.5 Å². The van der Waals surface area contributed by atoms with Crippen LogP contribution in [0.3, 0.4) is 0 Å². The van der Waals surface area contributed by atoms with Gasteiger partial charge in [-0.05, 0) is 74.2 Å². The molecule has 1 N–H and O–H groups in total. The van der Waals surface area contributed by atoms with Gasteiger partial charge < -0.3 is 9.84 Å². The second-order valence-corrected chi connectivity index (χ2v) is 33.1. The summed E-state index contributed by atoms with van der Waals surface area (Å²) in [4.78, 5) is 0. The van der Waals surface area contributed by atoms with Crippen LogP contribution in [-0.4, -0.2) is 4.48 Å². The largest absolute Gasteiger partial charge is 0.507 e. The first-order chi connectivity index (χ1) is 20.8. The van der Waals surface area contributed by atoms with Crippen LogP contribution in [0.4, 0.5) is 0 Å². The van der Waals surface area contributed by atoms with E-state index in [1.807, 2.05) is 94.4 Å². The standard InChI is InChI=1S/C13H11BrO.C7H7Br.C6H5BrO.C2H3I3.2C2H6.CHI3/c14-12-8-4-5-9-13(12)15-10-11-6-2-1-3-7-11;8-6-7-4-2-1-3-5-7;7-5-3-1-2-4-6(5)8;1-2(3,4)5;2*1-2;2-1(3)4/h1-9H,10H2;1-5H,6H2;1-4,8H;1H3;2*1-2H3;1H. The molecule has 0 saturated carbocycles. The Morgan fingerprint density at radius 3 is 1.30 bits per heavy atom. The Morgan fingerprint density at radius 1 is 0.636 bits per heavy atom. The molecular weight excluding hydrogens is 1430 g/mol. The highest BCUT2D eigenvalue weighted by molar-refractivity contribution is 14.3. The molecular formula is C33H39Br3I6O2. The molecule has 0 aliphatic rings. The van der Waals surface area contributed by atoms with Gasteiger partial charge in [-0.2, -0.15) is 0 Å². The van der Waals surface area contributed by atoms with Crippen molar-refractivity contribution in [3.05, 3.63) is 129 Å². The molecule has 0 radical (unpaired) electrons. The van der Waals surface area contributed by atoms with E-state index in [9.17, 15) is 0 Å². The molecule has 0 fully saturated rings. The molecule has 0 bridgehead atoms. The van der Waals surface area contributed by atoms with Crippen LogP contribution < -0.4 is 4.74 Å². The number of benzene rings is 4. The Balaban J connectivity index is -0.000000501. The average molecular weight is 1470 g/mol. The molecule has 2 nitrogen and oxygen atoms in total. The van der Waals surface area contributed by atoms with Crippen molar-refractivity contribution in [3.63, 3.8) is 0 Å². The van der Waals surface area contributed by atoms with Crippen molar-refractivity contribution < 1.29 is 9.84 Å². The van der Waals surface area contributed by atoms with Crippen LogP contribution in [0.25, 0.3) is 0 Å². The number of alkyl halides is 7. The van der Waals surface area contributed by atoms with Crippen molar-refractivity contribution >= 4 is 183 Å². The van der Waals surface area contributed by atoms with Gasteiger partial charge in [0.1, 0.15) is 17.5 Å². The highest BCUT2D eigenvalue weighted by Gasteiger charge is 2.04. The van der Waals surface area contributed by atoms with Crippen LogP contribution in [0.2, 0.25) is 0 Å². The second kappa shape index (κ2) is 35.1. The van der Waals surface area contributed by atoms with E-state index >= 15 is 0 Å². The van der Waals surface area contributed by atoms with Crippen molar-refractivity contribution in [2.75, 3.05) is 0 Å². The fourth-order valence-electron chi connectivity index (χ4n) is 2.32. The monoisotopic (exact) mass is 1470 g/mol. The summed E-state index contributed by atoms with van der Waals surface area (Å²) in [5.74, 6) is 1.16. The van der Waals surface area contributed by atoms with E-state index in [4.69, 9.17) is 9.84 Å². The van der Waals surface area contributed by atoms with Crippen LogP contribution in [0.15, 0.2) is 118 Å². The molecule has 4 aromatic carbocycles. The van der Waals surface area contributed by atoms with Gasteiger partial charge in [-0.25, -0.2) is 0 Å². The maximum absolute atomic E-state index is 8.87. The smallest absolute Gasteiger partial charge is 0.133 e. The third kappa shape index (κ3) is 37.1. The highest BCUT2D eigenvalue weighted by Crippen LogP contribution is 2.33. The molecule has 0 spiro atoms. The molecule has 0 saturated heterocycles. The number of ether oxygens (including phenoxy) is 1. The molecule has 4 aromatic rings. The lowest BCUT2D eigenvalue weighted by Gasteiger charge is -2.07. The number of aromatic hydroxyl groups is 1. The van der Waals surface area contributed by atoms with E-state index in [0.29, 0.717) is 6.04 Å². The van der Waals surface area contributed by atoms with Crippen molar-refractivity contribution in [2.24, 2.45) is 0 Å². The highest BCUT2D eigenvalue weighted by atomic mass is 127. The first-order valence-corrected chi connectivity index (χ1v) is 22.9. The second-order valence-electron chi connectivity index (χ2n) is 7.30. The molecule has 0 unspecified atom stereocenters. The van der Waals surface area contributed by atoms with Gasteiger partial charge in [0.05, 0.1) is 8.95 Å². The normalized spacial score (nSPS) is 9.16. The lowest BCUT2D eigenvalue weighted by Crippen LogP contribution is -1.95. The predicted molar refractivity (Wildman–Crippen MR) is 259 cm³/mol. The first-order valence-electron chi connectivity index (χ1n) is 13.3. The van der Waals surface area contributed by atoms with E-state index < -0.39 is 0 Å². The molecule has 0 aromatic heterocycles. The Kier molecular flexibility index (Phi) is 40.5. The van der Waals surface area contributed by atoms with Gasteiger partial charge in [-0.3, -0.25) is 0 Å². The maximum Gasteiger partial charge on any atom is 0.133 e. The summed E-state index contributed by atoms with van der Waals surface area (Å²) in [7, 11) is 0. The van der Waals surface area contributed by atoms with Crippen molar-refractivity contribution in [2.45, 2.75) is 45.9 Å². The SMILES string of the molecule is BrCc1ccccc1.Brc1ccccc1OCc1ccccc1.CC.CC.CC(I)(I)I.IC(I)I.Oc1ccccc1Br. The zero-order valence-corrected chi connectivity index (χ0v) is 42.8. The average Bonchev–Trinajstić information content (AvgIpc) is 3.01. The Labute approximate surface area is 373 Å². The molecule has 0 amide bonds. The van der Waals surface area contributed by atoms with Gasteiger partial charge in [0, 0.05) is 5.33 Å². The number of phenols is 1. The molecule has 44 heavy (non-hydrogen) atoms. The van der Waals surface area contributed by atoms with E-state index in [0.717, 1.165) is 20.0 Å². The van der Waals surface area contributed by atoms with Crippen LogP contribution in [0, 0.1) is 0 Å². The molecule has 0 aliphatic carbocycles. The topological polar surface area (TPSA) is 29.5 Å². The Bertz CT molecular complexity index is 1140. The third-order valence-electron chi connectivity index (χ3n) is 3.92. The van der Waals surface area contributed by atoms with Gasteiger partial charge in [-0.15, -0.1) is 0 Å². The molecule has 0 heterocycles. The third-order valence-corrected chi connectivity index (χ3v) is 5.90. The number of phenolic OH excluding ortho intramolecular Hbond substituents is 1. The lowest BCUT2D eigenvalue weighted by molar-refractivity contribution is 0.304. The number of para-hydroxylation sites is 2. The Hall–Kier alpha value is 2.30. The van der Waals surface area contributed by atoms with Crippen LogP contribution >= 0.6 is 183 Å². The van der Waals surface area contributed by atoms with Gasteiger partial charge >= 0.3 is 0 Å². The van der Waals surface area contributed by atoms with Crippen LogP contribution in [-0.2, 0) is 11.9 Å². The van der Waals surface area contributed by atoms with Crippen LogP contribution in [0.1, 0.15) is 45.7 Å². The predicted octanol–water partition coefficient (Wildman–Crippen LogP) is 16.4. The summed E-state index contributed by atoms with van der Waals surface area (Å²) in [5.41, 5.74) is 2.50. The van der Waals surface area contributed by atoms with Gasteiger partial charge in [-0.1, -0.05) is 264 Å². The summed E-state index contributed by atoms with van der Waals surface area (Å²) in [6.45, 7) is 10.7. The Morgan fingerprint density at radius 2 is 0.977 bits per heavy atom. The summed E-state index contributed by atoms with van der Waals surface area (Å²) < 4.78 is 8.55. The minimum Gasteiger partial charge on any atom is -0.507 e. The number of halogens is 9. The first kappa shape index (κ1) is 50.7. The zero-order chi connectivity index (χ0) is 34.4. The van der Waals surface area contributed by atoms with Gasteiger partial charge in [0.2, 0.25) is 0 Å². The number of hydrogen-bond acceptors (Lipinski definition) is 2. The van der Waals surface area contributed by atoms with Gasteiger partial charge in [0.15, 0.2) is 0 Å². The summed E-state index contributed by atoms with van der Waals surface area (Å²) >= 11 is 23.9. The number of hydrogen-bond donors (Lipinski definition) is 1. The molecule has 246 valence electrons. The molecule has 4 rings (SSSR count). The van der Waals surface area contributed by atoms with Crippen molar-refractivity contribution in [1.82, 2.24) is 0 Å². The van der Waals surface area contributed by atoms with E-state index in [1.165, 1.54) is 11.1 Å². The fraction of sp³-hybridized carbons (Fsp3) is 0.273. The zero-order valence-electron chi connectivity index (χ0n) is 25.1. The lowest BCUT2D eigenvalue weighted by atomic mass is 10.2. The van der Waals surface area contributed by atoms with Crippen molar-refractivity contribution in [1.29, 1.82) is 0 Å². The van der Waals surface area contributed by atoms with E-state index in [-0.39, 0.29) is 5.75 Å². The summed E-state index contributed by atoms with van der Waals surface area (Å²) in [6.07, 6.45) is 0. The fourth-order valence-corrected chi connectivity index (χ4v) is 3.37.